The number of ether oxygens (including phenoxy) is 4. The second-order valence-electron chi connectivity index (χ2n) is 5.00. The first kappa shape index (κ1) is 21.2. The lowest BCUT2D eigenvalue weighted by Gasteiger charge is -2.07. The molecule has 0 radical (unpaired) electrons. The standard InChI is InChI=1S/C16H28N4O5/c1-2-3-5-22-7-9-24-11-12-25-10-8-23-6-4-20-14-16(18-19-20)13-17-15-21/h2,14-15H,1,3-13H2,(H,17,21). The van der Waals surface area contributed by atoms with Crippen molar-refractivity contribution in [2.75, 3.05) is 52.9 Å². The van der Waals surface area contributed by atoms with E-state index >= 15 is 0 Å². The molecule has 1 amide bonds. The van der Waals surface area contributed by atoms with Crippen molar-refractivity contribution < 1.29 is 23.7 Å². The summed E-state index contributed by atoms with van der Waals surface area (Å²) in [6, 6.07) is 0. The molecule has 0 aliphatic heterocycles. The zero-order valence-electron chi connectivity index (χ0n) is 14.6. The molecule has 0 bridgehead atoms. The first-order valence-corrected chi connectivity index (χ1v) is 8.34. The van der Waals surface area contributed by atoms with Gasteiger partial charge in [-0.15, -0.1) is 11.7 Å². The molecule has 1 rings (SSSR count). The summed E-state index contributed by atoms with van der Waals surface area (Å²) in [7, 11) is 0. The molecule has 25 heavy (non-hydrogen) atoms. The van der Waals surface area contributed by atoms with E-state index in [1.165, 1.54) is 0 Å². The van der Waals surface area contributed by atoms with E-state index in [4.69, 9.17) is 18.9 Å². The fourth-order valence-electron chi connectivity index (χ4n) is 1.76. The van der Waals surface area contributed by atoms with Crippen LogP contribution < -0.4 is 5.32 Å². The van der Waals surface area contributed by atoms with Crippen molar-refractivity contribution in [2.24, 2.45) is 0 Å². The predicted octanol–water partition coefficient (Wildman–Crippen LogP) is 0.167. The number of nitrogens with one attached hydrogen (secondary N) is 1. The van der Waals surface area contributed by atoms with Crippen molar-refractivity contribution in [1.82, 2.24) is 20.3 Å². The minimum Gasteiger partial charge on any atom is -0.379 e. The minimum absolute atomic E-state index is 0.376. The Balaban J connectivity index is 1.82. The van der Waals surface area contributed by atoms with Gasteiger partial charge in [0.1, 0.15) is 5.69 Å². The topological polar surface area (TPSA) is 96.7 Å². The van der Waals surface area contributed by atoms with Crippen LogP contribution in [-0.4, -0.2) is 74.3 Å². The normalized spacial score (nSPS) is 10.7. The van der Waals surface area contributed by atoms with E-state index in [9.17, 15) is 4.79 Å². The lowest BCUT2D eigenvalue weighted by molar-refractivity contribution is -0.109. The third-order valence-electron chi connectivity index (χ3n) is 3.00. The number of carbonyl (C=O) groups excluding carboxylic acids is 1. The number of nitrogens with zero attached hydrogens (tertiary/aromatic N) is 3. The van der Waals surface area contributed by atoms with E-state index in [2.05, 4.69) is 22.2 Å². The Kier molecular flexibility index (Phi) is 13.3. The molecule has 0 aliphatic rings. The van der Waals surface area contributed by atoms with Crippen molar-refractivity contribution in [1.29, 1.82) is 0 Å². The molecule has 0 fully saturated rings. The summed E-state index contributed by atoms with van der Waals surface area (Å²) in [4.78, 5) is 10.2. The highest BCUT2D eigenvalue weighted by atomic mass is 16.6. The summed E-state index contributed by atoms with van der Waals surface area (Å²) in [5, 5.41) is 10.4. The lowest BCUT2D eigenvalue weighted by Crippen LogP contribution is -2.13. The molecule has 142 valence electrons. The maximum absolute atomic E-state index is 10.2. The third kappa shape index (κ3) is 12.2. The molecule has 1 aromatic rings. The maximum Gasteiger partial charge on any atom is 0.207 e. The minimum atomic E-state index is 0.376. The highest BCUT2D eigenvalue weighted by Gasteiger charge is 1.99. The fourth-order valence-corrected chi connectivity index (χ4v) is 1.76. The van der Waals surface area contributed by atoms with Crippen LogP contribution in [0.25, 0.3) is 0 Å². The van der Waals surface area contributed by atoms with Gasteiger partial charge in [0.2, 0.25) is 6.41 Å². The molecule has 1 heterocycles. The van der Waals surface area contributed by atoms with Crippen LogP contribution in [0.4, 0.5) is 0 Å². The Morgan fingerprint density at radius 2 is 1.60 bits per heavy atom. The molecule has 0 saturated carbocycles. The van der Waals surface area contributed by atoms with Crippen LogP contribution >= 0.6 is 0 Å². The van der Waals surface area contributed by atoms with Gasteiger partial charge in [0, 0.05) is 0 Å². The highest BCUT2D eigenvalue weighted by Crippen LogP contribution is 1.92. The quantitative estimate of drug-likeness (QED) is 0.227. The van der Waals surface area contributed by atoms with Crippen LogP contribution in [0.2, 0.25) is 0 Å². The summed E-state index contributed by atoms with van der Waals surface area (Å²) in [6.45, 7) is 9.07. The number of rotatable bonds is 18. The van der Waals surface area contributed by atoms with Crippen LogP contribution in [0.1, 0.15) is 12.1 Å². The first-order valence-electron chi connectivity index (χ1n) is 8.34. The Morgan fingerprint density at radius 1 is 1.00 bits per heavy atom. The Bertz CT molecular complexity index is 455. The number of hydrogen-bond donors (Lipinski definition) is 1. The molecule has 9 nitrogen and oxygen atoms in total. The fraction of sp³-hybridized carbons (Fsp3) is 0.688. The van der Waals surface area contributed by atoms with E-state index < -0.39 is 0 Å². The monoisotopic (exact) mass is 356 g/mol. The summed E-state index contributed by atoms with van der Waals surface area (Å²) in [5.41, 5.74) is 0.710. The Morgan fingerprint density at radius 3 is 2.20 bits per heavy atom. The van der Waals surface area contributed by atoms with Gasteiger partial charge in [0.05, 0.1) is 72.1 Å². The number of carbonyl (C=O) groups is 1. The zero-order valence-corrected chi connectivity index (χ0v) is 14.6. The molecule has 9 heteroatoms. The number of amides is 1. The van der Waals surface area contributed by atoms with Crippen LogP contribution in [0.3, 0.4) is 0 Å². The molecule has 0 unspecified atom stereocenters. The van der Waals surface area contributed by atoms with Crippen LogP contribution in [-0.2, 0) is 36.8 Å². The summed E-state index contributed by atoms with van der Waals surface area (Å²) in [5.74, 6) is 0. The van der Waals surface area contributed by atoms with Gasteiger partial charge in [-0.3, -0.25) is 4.79 Å². The summed E-state index contributed by atoms with van der Waals surface area (Å²) in [6.07, 6.45) is 5.09. The van der Waals surface area contributed by atoms with Gasteiger partial charge < -0.3 is 24.3 Å². The molecule has 1 N–H and O–H groups in total. The van der Waals surface area contributed by atoms with Crippen molar-refractivity contribution in [2.45, 2.75) is 19.5 Å². The largest absolute Gasteiger partial charge is 0.379 e. The molecular weight excluding hydrogens is 328 g/mol. The van der Waals surface area contributed by atoms with Gasteiger partial charge in [-0.2, -0.15) is 0 Å². The second kappa shape index (κ2) is 15.7. The van der Waals surface area contributed by atoms with Crippen LogP contribution in [0, 0.1) is 0 Å². The van der Waals surface area contributed by atoms with Crippen LogP contribution in [0.5, 0.6) is 0 Å². The van der Waals surface area contributed by atoms with Gasteiger partial charge in [-0.05, 0) is 6.42 Å². The predicted molar refractivity (Wildman–Crippen MR) is 91.0 cm³/mol. The summed E-state index contributed by atoms with van der Waals surface area (Å²) >= 11 is 0. The first-order chi connectivity index (χ1) is 12.4. The van der Waals surface area contributed by atoms with Gasteiger partial charge in [-0.1, -0.05) is 11.3 Å². The maximum atomic E-state index is 10.2. The van der Waals surface area contributed by atoms with Gasteiger partial charge >= 0.3 is 0 Å². The second-order valence-corrected chi connectivity index (χ2v) is 5.00. The van der Waals surface area contributed by atoms with Crippen molar-refractivity contribution in [3.63, 3.8) is 0 Å². The van der Waals surface area contributed by atoms with Crippen molar-refractivity contribution in [3.8, 4) is 0 Å². The molecule has 0 aromatic carbocycles. The summed E-state index contributed by atoms with van der Waals surface area (Å²) < 4.78 is 23.2. The molecule has 0 atom stereocenters. The molecule has 0 aliphatic carbocycles. The molecular formula is C16H28N4O5. The van der Waals surface area contributed by atoms with Crippen molar-refractivity contribution in [3.05, 3.63) is 24.5 Å². The van der Waals surface area contributed by atoms with E-state index in [-0.39, 0.29) is 0 Å². The van der Waals surface area contributed by atoms with Gasteiger partial charge in [0.15, 0.2) is 0 Å². The Hall–Kier alpha value is -1.81. The average Bonchev–Trinajstić information content (AvgIpc) is 3.08. The van der Waals surface area contributed by atoms with E-state index in [1.54, 1.807) is 10.9 Å². The van der Waals surface area contributed by atoms with E-state index in [0.717, 1.165) is 6.42 Å². The van der Waals surface area contributed by atoms with E-state index in [0.29, 0.717) is 78.0 Å². The molecule has 0 spiro atoms. The SMILES string of the molecule is C=CCCOCCOCCOCCOCCn1cc(CNC=O)nn1. The Labute approximate surface area is 148 Å². The lowest BCUT2D eigenvalue weighted by atomic mass is 10.5. The zero-order chi connectivity index (χ0) is 18.0. The smallest absolute Gasteiger partial charge is 0.207 e. The van der Waals surface area contributed by atoms with Gasteiger partial charge in [0.25, 0.3) is 0 Å². The molecule has 1 aromatic heterocycles. The molecule has 0 saturated heterocycles. The van der Waals surface area contributed by atoms with Crippen molar-refractivity contribution >= 4 is 6.41 Å². The highest BCUT2D eigenvalue weighted by molar-refractivity contribution is 5.45. The third-order valence-corrected chi connectivity index (χ3v) is 3.00. The number of hydrogen-bond acceptors (Lipinski definition) is 7. The van der Waals surface area contributed by atoms with Gasteiger partial charge in [-0.25, -0.2) is 4.68 Å². The van der Waals surface area contributed by atoms with E-state index in [1.807, 2.05) is 6.08 Å². The van der Waals surface area contributed by atoms with Crippen LogP contribution in [0.15, 0.2) is 18.9 Å². The number of aromatic nitrogens is 3. The average molecular weight is 356 g/mol.